The Hall–Kier alpha value is -2.41. The maximum absolute atomic E-state index is 12.3. The molecule has 1 unspecified atom stereocenters. The lowest BCUT2D eigenvalue weighted by Crippen LogP contribution is -2.49. The summed E-state index contributed by atoms with van der Waals surface area (Å²) >= 11 is 0. The van der Waals surface area contributed by atoms with Gasteiger partial charge in [-0.3, -0.25) is 14.6 Å². The highest BCUT2D eigenvalue weighted by Crippen LogP contribution is 2.14. The number of rotatable bonds is 4. The minimum atomic E-state index is -0.292. The molecule has 7 heteroatoms. The van der Waals surface area contributed by atoms with E-state index in [-0.39, 0.29) is 24.4 Å². The van der Waals surface area contributed by atoms with Gasteiger partial charge >= 0.3 is 0 Å². The molecule has 0 bridgehead atoms. The Balaban J connectivity index is 1.58. The molecule has 128 valence electrons. The van der Waals surface area contributed by atoms with Crippen LogP contribution in [0.15, 0.2) is 18.3 Å². The van der Waals surface area contributed by atoms with Crippen molar-refractivity contribution in [2.75, 3.05) is 26.7 Å². The number of nitrogens with one attached hydrogen (secondary N) is 3. The summed E-state index contributed by atoms with van der Waals surface area (Å²) in [5.41, 5.74) is 3.08. The van der Waals surface area contributed by atoms with Crippen LogP contribution in [0, 0.1) is 6.92 Å². The van der Waals surface area contributed by atoms with E-state index in [0.29, 0.717) is 5.56 Å². The molecule has 0 aliphatic carbocycles. The fourth-order valence-corrected chi connectivity index (χ4v) is 3.02. The van der Waals surface area contributed by atoms with Crippen molar-refractivity contribution in [3.63, 3.8) is 0 Å². The molecule has 1 atom stereocenters. The van der Waals surface area contributed by atoms with Gasteiger partial charge in [0.25, 0.3) is 5.91 Å². The molecule has 2 amide bonds. The molecule has 3 N–H and O–H groups in total. The van der Waals surface area contributed by atoms with Crippen molar-refractivity contribution in [1.29, 1.82) is 0 Å². The number of carbonyl (C=O) groups excluding carboxylic acids is 2. The number of hydrogen-bond acceptors (Lipinski definition) is 4. The number of pyridine rings is 1. The Morgan fingerprint density at radius 2 is 2.25 bits per heavy atom. The van der Waals surface area contributed by atoms with Crippen molar-refractivity contribution in [2.45, 2.75) is 25.8 Å². The number of likely N-dealkylation sites (N-methyl/N-ethyl adjacent to an activating group) is 1. The zero-order chi connectivity index (χ0) is 17.1. The van der Waals surface area contributed by atoms with Crippen molar-refractivity contribution in [3.05, 3.63) is 29.6 Å². The van der Waals surface area contributed by atoms with Crippen molar-refractivity contribution in [3.8, 4) is 0 Å². The predicted molar refractivity (Wildman–Crippen MR) is 91.8 cm³/mol. The third-order valence-electron chi connectivity index (χ3n) is 4.48. The maximum Gasteiger partial charge on any atom is 0.253 e. The molecule has 7 nitrogen and oxygen atoms in total. The molecule has 3 heterocycles. The number of piperidine rings is 1. The average Bonchev–Trinajstić information content (AvgIpc) is 2.98. The topological polar surface area (TPSA) is 90.1 Å². The summed E-state index contributed by atoms with van der Waals surface area (Å²) in [6, 6.07) is 3.88. The number of aromatic amines is 1. The summed E-state index contributed by atoms with van der Waals surface area (Å²) in [5, 5.41) is 5.97. The second-order valence-electron chi connectivity index (χ2n) is 6.30. The van der Waals surface area contributed by atoms with E-state index in [1.807, 2.05) is 13.0 Å². The summed E-state index contributed by atoms with van der Waals surface area (Å²) in [5.74, 6) is -0.373. The Labute approximate surface area is 140 Å². The standard InChI is InChI=1S/C17H23N5O2/c1-11-6-14-15(21-11)7-12(8-19-14)17(24)20-10-16(23)22(2)13-4-3-5-18-9-13/h6-8,13,18,21H,3-5,9-10H2,1-2H3,(H,20,24). The number of aromatic nitrogens is 2. The van der Waals surface area contributed by atoms with Crippen molar-refractivity contribution in [1.82, 2.24) is 25.5 Å². The zero-order valence-electron chi connectivity index (χ0n) is 14.1. The Kier molecular flexibility index (Phi) is 4.80. The minimum absolute atomic E-state index is 0.00632. The van der Waals surface area contributed by atoms with E-state index in [2.05, 4.69) is 20.6 Å². The summed E-state index contributed by atoms with van der Waals surface area (Å²) in [6.07, 6.45) is 3.59. The van der Waals surface area contributed by atoms with Gasteiger partial charge in [-0.05, 0) is 38.4 Å². The van der Waals surface area contributed by atoms with Crippen LogP contribution >= 0.6 is 0 Å². The first kappa shape index (κ1) is 16.4. The van der Waals surface area contributed by atoms with Gasteiger partial charge in [0.2, 0.25) is 5.91 Å². The van der Waals surface area contributed by atoms with Crippen molar-refractivity contribution in [2.24, 2.45) is 0 Å². The Morgan fingerprint density at radius 3 is 3.00 bits per heavy atom. The number of H-pyrrole nitrogens is 1. The van der Waals surface area contributed by atoms with Gasteiger partial charge in [-0.25, -0.2) is 0 Å². The highest BCUT2D eigenvalue weighted by Gasteiger charge is 2.22. The number of hydrogen-bond donors (Lipinski definition) is 3. The number of aryl methyl sites for hydroxylation is 1. The summed E-state index contributed by atoms with van der Waals surface area (Å²) in [4.78, 5) is 33.6. The fraction of sp³-hybridized carbons (Fsp3) is 0.471. The van der Waals surface area contributed by atoms with Gasteiger partial charge in [0.1, 0.15) is 0 Å². The smallest absolute Gasteiger partial charge is 0.253 e. The number of carbonyl (C=O) groups is 2. The van der Waals surface area contributed by atoms with Crippen molar-refractivity contribution >= 4 is 22.8 Å². The molecular weight excluding hydrogens is 306 g/mol. The number of fused-ring (bicyclic) bond motifs is 1. The molecule has 0 aromatic carbocycles. The zero-order valence-corrected chi connectivity index (χ0v) is 14.1. The highest BCUT2D eigenvalue weighted by molar-refractivity contribution is 5.98. The van der Waals surface area contributed by atoms with Crippen LogP contribution in [0.2, 0.25) is 0 Å². The lowest BCUT2D eigenvalue weighted by molar-refractivity contribution is -0.131. The summed E-state index contributed by atoms with van der Waals surface area (Å²) < 4.78 is 0. The molecule has 1 fully saturated rings. The van der Waals surface area contributed by atoms with Crippen LogP contribution in [0.4, 0.5) is 0 Å². The van der Waals surface area contributed by atoms with Crippen LogP contribution < -0.4 is 10.6 Å². The highest BCUT2D eigenvalue weighted by atomic mass is 16.2. The van der Waals surface area contributed by atoms with Crippen molar-refractivity contribution < 1.29 is 9.59 Å². The van der Waals surface area contributed by atoms with Gasteiger partial charge in [0, 0.05) is 31.5 Å². The molecule has 1 aliphatic heterocycles. The van der Waals surface area contributed by atoms with E-state index in [9.17, 15) is 9.59 Å². The third-order valence-corrected chi connectivity index (χ3v) is 4.48. The minimum Gasteiger partial charge on any atom is -0.357 e. The second kappa shape index (κ2) is 7.00. The van der Waals surface area contributed by atoms with Gasteiger partial charge in [-0.2, -0.15) is 0 Å². The summed E-state index contributed by atoms with van der Waals surface area (Å²) in [7, 11) is 1.79. The number of amides is 2. The fourth-order valence-electron chi connectivity index (χ4n) is 3.02. The van der Waals surface area contributed by atoms with Gasteiger partial charge in [-0.15, -0.1) is 0 Å². The first-order valence-corrected chi connectivity index (χ1v) is 8.24. The van der Waals surface area contributed by atoms with E-state index in [1.165, 1.54) is 6.20 Å². The number of nitrogens with zero attached hydrogens (tertiary/aromatic N) is 2. The van der Waals surface area contributed by atoms with E-state index >= 15 is 0 Å². The van der Waals surface area contributed by atoms with Gasteiger partial charge in [0.05, 0.1) is 23.1 Å². The molecule has 3 rings (SSSR count). The lowest BCUT2D eigenvalue weighted by atomic mass is 10.1. The van der Waals surface area contributed by atoms with Gasteiger partial charge in [-0.1, -0.05) is 0 Å². The lowest BCUT2D eigenvalue weighted by Gasteiger charge is -2.31. The molecule has 0 saturated carbocycles. The van der Waals surface area contributed by atoms with E-state index in [4.69, 9.17) is 0 Å². The van der Waals surface area contributed by atoms with Crippen LogP contribution in [-0.4, -0.2) is 59.4 Å². The van der Waals surface area contributed by atoms with Gasteiger partial charge < -0.3 is 20.5 Å². The van der Waals surface area contributed by atoms with Crippen LogP contribution in [-0.2, 0) is 4.79 Å². The van der Waals surface area contributed by atoms with E-state index in [1.54, 1.807) is 18.0 Å². The normalized spacial score (nSPS) is 17.7. The van der Waals surface area contributed by atoms with E-state index in [0.717, 1.165) is 42.7 Å². The molecule has 1 aliphatic rings. The molecule has 0 spiro atoms. The van der Waals surface area contributed by atoms with E-state index < -0.39 is 0 Å². The quantitative estimate of drug-likeness (QED) is 0.774. The Morgan fingerprint density at radius 1 is 1.42 bits per heavy atom. The Bertz CT molecular complexity index is 749. The molecular formula is C17H23N5O2. The SMILES string of the molecule is Cc1cc2ncc(C(=O)NCC(=O)N(C)C3CCCNC3)cc2[nH]1. The first-order chi connectivity index (χ1) is 11.5. The third kappa shape index (κ3) is 3.56. The summed E-state index contributed by atoms with van der Waals surface area (Å²) in [6.45, 7) is 3.75. The van der Waals surface area contributed by atoms with Gasteiger partial charge in [0.15, 0.2) is 0 Å². The largest absolute Gasteiger partial charge is 0.357 e. The molecule has 24 heavy (non-hydrogen) atoms. The predicted octanol–water partition coefficient (Wildman–Crippen LogP) is 0.812. The first-order valence-electron chi connectivity index (χ1n) is 8.24. The molecule has 0 radical (unpaired) electrons. The van der Waals surface area contributed by atoms with Crippen LogP contribution in [0.5, 0.6) is 0 Å². The average molecular weight is 329 g/mol. The van der Waals surface area contributed by atoms with Crippen LogP contribution in [0.25, 0.3) is 11.0 Å². The monoisotopic (exact) mass is 329 g/mol. The van der Waals surface area contributed by atoms with Crippen LogP contribution in [0.1, 0.15) is 28.9 Å². The molecule has 2 aromatic heterocycles. The second-order valence-corrected chi connectivity index (χ2v) is 6.30. The molecule has 1 saturated heterocycles. The van der Waals surface area contributed by atoms with Crippen LogP contribution in [0.3, 0.4) is 0 Å². The maximum atomic E-state index is 12.3. The molecule has 2 aromatic rings.